The molecule has 0 spiro atoms. The zero-order chi connectivity index (χ0) is 14.5. The molecule has 0 saturated carbocycles. The van der Waals surface area contributed by atoms with Crippen molar-refractivity contribution in [2.45, 2.75) is 45.1 Å². The summed E-state index contributed by atoms with van der Waals surface area (Å²) < 4.78 is 0. The Hall–Kier alpha value is -1.36. The van der Waals surface area contributed by atoms with E-state index in [0.29, 0.717) is 19.4 Å². The fourth-order valence-corrected chi connectivity index (χ4v) is 3.72. The molecular formula is C15H21NO3S. The maximum Gasteiger partial charge on any atom is 0.308 e. The van der Waals surface area contributed by atoms with Gasteiger partial charge in [-0.1, -0.05) is 25.8 Å². The van der Waals surface area contributed by atoms with Crippen molar-refractivity contribution in [2.24, 2.45) is 5.92 Å². The molecule has 5 heteroatoms. The van der Waals surface area contributed by atoms with Crippen molar-refractivity contribution in [2.75, 3.05) is 6.54 Å². The van der Waals surface area contributed by atoms with Crippen molar-refractivity contribution in [3.05, 3.63) is 22.4 Å². The Morgan fingerprint density at radius 2 is 2.30 bits per heavy atom. The topological polar surface area (TPSA) is 57.6 Å². The lowest BCUT2D eigenvalue weighted by atomic mass is 9.87. The zero-order valence-electron chi connectivity index (χ0n) is 11.7. The Labute approximate surface area is 123 Å². The molecule has 1 aliphatic heterocycles. The number of unbranched alkanes of at least 4 members (excludes halogenated alkanes) is 2. The third-order valence-electron chi connectivity index (χ3n) is 3.86. The van der Waals surface area contributed by atoms with Crippen LogP contribution in [0, 0.1) is 5.92 Å². The summed E-state index contributed by atoms with van der Waals surface area (Å²) in [6, 6.07) is 3.57. The number of rotatable bonds is 6. The summed E-state index contributed by atoms with van der Waals surface area (Å²) in [4.78, 5) is 26.5. The minimum absolute atomic E-state index is 0.0944. The van der Waals surface area contributed by atoms with Crippen molar-refractivity contribution < 1.29 is 14.7 Å². The van der Waals surface area contributed by atoms with Gasteiger partial charge < -0.3 is 10.0 Å². The van der Waals surface area contributed by atoms with E-state index in [1.807, 2.05) is 17.5 Å². The van der Waals surface area contributed by atoms with Crippen LogP contribution in [0.5, 0.6) is 0 Å². The summed E-state index contributed by atoms with van der Waals surface area (Å²) in [7, 11) is 0. The summed E-state index contributed by atoms with van der Waals surface area (Å²) in [5.74, 6) is -1.18. The molecule has 1 fully saturated rings. The minimum Gasteiger partial charge on any atom is -0.481 e. The van der Waals surface area contributed by atoms with Gasteiger partial charge in [0.1, 0.15) is 0 Å². The van der Waals surface area contributed by atoms with E-state index in [0.717, 1.165) is 24.1 Å². The van der Waals surface area contributed by atoms with Crippen LogP contribution >= 0.6 is 11.3 Å². The number of piperidine rings is 1. The number of carbonyl (C=O) groups is 2. The zero-order valence-corrected chi connectivity index (χ0v) is 12.6. The largest absolute Gasteiger partial charge is 0.481 e. The third kappa shape index (κ3) is 3.20. The van der Waals surface area contributed by atoms with E-state index in [1.54, 1.807) is 4.90 Å². The van der Waals surface area contributed by atoms with Crippen molar-refractivity contribution in [1.82, 2.24) is 4.90 Å². The van der Waals surface area contributed by atoms with E-state index >= 15 is 0 Å². The molecule has 0 aliphatic carbocycles. The van der Waals surface area contributed by atoms with Crippen molar-refractivity contribution in [3.63, 3.8) is 0 Å². The number of carboxylic acid groups (broad SMARTS) is 1. The summed E-state index contributed by atoms with van der Waals surface area (Å²) in [5.41, 5.74) is 0. The highest BCUT2D eigenvalue weighted by Crippen LogP contribution is 2.39. The van der Waals surface area contributed by atoms with Crippen molar-refractivity contribution >= 4 is 23.2 Å². The Kier molecular flexibility index (Phi) is 5.17. The third-order valence-corrected chi connectivity index (χ3v) is 4.80. The predicted octanol–water partition coefficient (Wildman–Crippen LogP) is 3.30. The fourth-order valence-electron chi connectivity index (χ4n) is 2.82. The summed E-state index contributed by atoms with van der Waals surface area (Å²) >= 11 is 1.54. The first-order chi connectivity index (χ1) is 9.65. The molecule has 2 rings (SSSR count). The quantitative estimate of drug-likeness (QED) is 0.819. The molecule has 20 heavy (non-hydrogen) atoms. The van der Waals surface area contributed by atoms with Gasteiger partial charge in [-0.15, -0.1) is 11.3 Å². The number of carboxylic acids is 1. The molecule has 1 saturated heterocycles. The van der Waals surface area contributed by atoms with Crippen LogP contribution in [-0.2, 0) is 9.59 Å². The first-order valence-electron chi connectivity index (χ1n) is 7.20. The molecule has 2 atom stereocenters. The summed E-state index contributed by atoms with van der Waals surface area (Å²) in [6.45, 7) is 2.79. The van der Waals surface area contributed by atoms with Crippen LogP contribution in [0.4, 0.5) is 0 Å². The predicted molar refractivity (Wildman–Crippen MR) is 78.7 cm³/mol. The molecule has 1 N–H and O–H groups in total. The highest BCUT2D eigenvalue weighted by Gasteiger charge is 2.40. The molecule has 0 unspecified atom stereocenters. The Morgan fingerprint density at radius 1 is 1.50 bits per heavy atom. The molecular weight excluding hydrogens is 274 g/mol. The molecule has 110 valence electrons. The highest BCUT2D eigenvalue weighted by molar-refractivity contribution is 7.10. The standard InChI is InChI=1S/C15H21NO3S/c1-2-3-4-9-16-13(17)8-7-11(15(18)19)14(16)12-6-5-10-20-12/h5-6,10-11,14H,2-4,7-9H2,1H3,(H,18,19)/t11-,14-/m1/s1. The van der Waals surface area contributed by atoms with Crippen LogP contribution in [0.25, 0.3) is 0 Å². The van der Waals surface area contributed by atoms with E-state index in [-0.39, 0.29) is 11.9 Å². The van der Waals surface area contributed by atoms with E-state index in [1.165, 1.54) is 11.3 Å². The van der Waals surface area contributed by atoms with Gasteiger partial charge in [-0.3, -0.25) is 9.59 Å². The highest BCUT2D eigenvalue weighted by atomic mass is 32.1. The molecule has 0 aromatic carbocycles. The number of hydrogen-bond acceptors (Lipinski definition) is 3. The molecule has 2 heterocycles. The average Bonchev–Trinajstić information content (AvgIpc) is 2.93. The van der Waals surface area contributed by atoms with Gasteiger partial charge in [0.25, 0.3) is 0 Å². The van der Waals surface area contributed by atoms with Crippen LogP contribution in [-0.4, -0.2) is 28.4 Å². The van der Waals surface area contributed by atoms with Crippen LogP contribution in [0.1, 0.15) is 49.9 Å². The first-order valence-corrected chi connectivity index (χ1v) is 8.08. The monoisotopic (exact) mass is 295 g/mol. The lowest BCUT2D eigenvalue weighted by Crippen LogP contribution is -2.45. The number of aliphatic carboxylic acids is 1. The van der Waals surface area contributed by atoms with Gasteiger partial charge in [0, 0.05) is 17.8 Å². The van der Waals surface area contributed by atoms with Gasteiger partial charge in [0.05, 0.1) is 12.0 Å². The Bertz CT molecular complexity index is 458. The molecule has 1 aromatic rings. The molecule has 1 aromatic heterocycles. The number of amides is 1. The van der Waals surface area contributed by atoms with Gasteiger partial charge in [-0.2, -0.15) is 0 Å². The SMILES string of the molecule is CCCCCN1C(=O)CC[C@@H](C(=O)O)[C@@H]1c1cccs1. The van der Waals surface area contributed by atoms with E-state index < -0.39 is 11.9 Å². The minimum atomic E-state index is -0.795. The van der Waals surface area contributed by atoms with Crippen molar-refractivity contribution in [3.8, 4) is 0 Å². The van der Waals surface area contributed by atoms with Gasteiger partial charge in [-0.25, -0.2) is 0 Å². The lowest BCUT2D eigenvalue weighted by molar-refractivity contribution is -0.152. The normalized spacial score (nSPS) is 23.1. The van der Waals surface area contributed by atoms with Crippen LogP contribution in [0.3, 0.4) is 0 Å². The van der Waals surface area contributed by atoms with Crippen molar-refractivity contribution in [1.29, 1.82) is 0 Å². The molecule has 0 bridgehead atoms. The smallest absolute Gasteiger partial charge is 0.308 e. The average molecular weight is 295 g/mol. The number of thiophene rings is 1. The number of nitrogens with zero attached hydrogens (tertiary/aromatic N) is 1. The molecule has 4 nitrogen and oxygen atoms in total. The van der Waals surface area contributed by atoms with E-state index in [2.05, 4.69) is 6.92 Å². The van der Waals surface area contributed by atoms with Crippen LogP contribution < -0.4 is 0 Å². The fraction of sp³-hybridized carbons (Fsp3) is 0.600. The van der Waals surface area contributed by atoms with Crippen LogP contribution in [0.2, 0.25) is 0 Å². The maximum atomic E-state index is 12.2. The number of carbonyl (C=O) groups excluding carboxylic acids is 1. The maximum absolute atomic E-state index is 12.2. The lowest BCUT2D eigenvalue weighted by Gasteiger charge is -2.39. The van der Waals surface area contributed by atoms with Gasteiger partial charge in [-0.05, 0) is 24.3 Å². The Balaban J connectivity index is 2.22. The van der Waals surface area contributed by atoms with E-state index in [4.69, 9.17) is 0 Å². The second kappa shape index (κ2) is 6.88. The summed E-state index contributed by atoms with van der Waals surface area (Å²) in [6.07, 6.45) is 3.90. The summed E-state index contributed by atoms with van der Waals surface area (Å²) in [5, 5.41) is 11.4. The van der Waals surface area contributed by atoms with E-state index in [9.17, 15) is 14.7 Å². The number of hydrogen-bond donors (Lipinski definition) is 1. The second-order valence-electron chi connectivity index (χ2n) is 5.24. The Morgan fingerprint density at radius 3 is 2.90 bits per heavy atom. The molecule has 0 radical (unpaired) electrons. The first kappa shape index (κ1) is 15.0. The second-order valence-corrected chi connectivity index (χ2v) is 6.22. The van der Waals surface area contributed by atoms with Gasteiger partial charge in [0.2, 0.25) is 5.91 Å². The molecule has 1 amide bonds. The van der Waals surface area contributed by atoms with Gasteiger partial charge in [0.15, 0.2) is 0 Å². The van der Waals surface area contributed by atoms with Crippen LogP contribution in [0.15, 0.2) is 17.5 Å². The molecule has 1 aliphatic rings. The van der Waals surface area contributed by atoms with Gasteiger partial charge >= 0.3 is 5.97 Å². The number of likely N-dealkylation sites (tertiary alicyclic amines) is 1.